The van der Waals surface area contributed by atoms with E-state index in [-0.39, 0.29) is 30.5 Å². The van der Waals surface area contributed by atoms with Crippen LogP contribution in [0.3, 0.4) is 0 Å². The van der Waals surface area contributed by atoms with Crippen molar-refractivity contribution in [2.45, 2.75) is 51.2 Å². The number of carbonyl (C=O) groups is 1. The highest BCUT2D eigenvalue weighted by atomic mass is 19.4. The van der Waals surface area contributed by atoms with Crippen LogP contribution in [-0.4, -0.2) is 33.9 Å². The standard InChI is InChI=1S/C14H20F3N3O2/c1-2-9(5-6-21)18-13(22)8-3-4-11-10(7-8)12(20-19-11)14(15,16)17/h8-9,21H,2-7H2,1H3,(H,18,22)(H,19,20). The molecule has 2 rings (SSSR count). The number of hydrogen-bond acceptors (Lipinski definition) is 3. The second-order valence-corrected chi connectivity index (χ2v) is 5.59. The molecule has 1 aromatic rings. The van der Waals surface area contributed by atoms with Crippen LogP contribution in [0.25, 0.3) is 0 Å². The summed E-state index contributed by atoms with van der Waals surface area (Å²) in [5.41, 5.74) is -0.338. The van der Waals surface area contributed by atoms with Gasteiger partial charge in [0.15, 0.2) is 5.69 Å². The van der Waals surface area contributed by atoms with E-state index in [1.165, 1.54) is 0 Å². The number of aromatic nitrogens is 2. The van der Waals surface area contributed by atoms with Gasteiger partial charge in [-0.2, -0.15) is 18.3 Å². The lowest BCUT2D eigenvalue weighted by Crippen LogP contribution is -2.41. The molecule has 1 amide bonds. The molecule has 1 heterocycles. The van der Waals surface area contributed by atoms with E-state index in [4.69, 9.17) is 5.11 Å². The van der Waals surface area contributed by atoms with Crippen LogP contribution >= 0.6 is 0 Å². The highest BCUT2D eigenvalue weighted by Crippen LogP contribution is 2.36. The first-order valence-electron chi connectivity index (χ1n) is 7.41. The molecule has 5 nitrogen and oxygen atoms in total. The predicted molar refractivity (Wildman–Crippen MR) is 73.0 cm³/mol. The molecule has 1 aromatic heterocycles. The van der Waals surface area contributed by atoms with Gasteiger partial charge in [0.2, 0.25) is 5.91 Å². The summed E-state index contributed by atoms with van der Waals surface area (Å²) in [7, 11) is 0. The minimum Gasteiger partial charge on any atom is -0.396 e. The molecule has 22 heavy (non-hydrogen) atoms. The Balaban J connectivity index is 2.08. The highest BCUT2D eigenvalue weighted by molar-refractivity contribution is 5.79. The van der Waals surface area contributed by atoms with Crippen molar-refractivity contribution < 1.29 is 23.1 Å². The van der Waals surface area contributed by atoms with Crippen LogP contribution in [0.5, 0.6) is 0 Å². The fourth-order valence-electron chi connectivity index (χ4n) is 2.81. The summed E-state index contributed by atoms with van der Waals surface area (Å²) in [6.45, 7) is 1.85. The largest absolute Gasteiger partial charge is 0.435 e. The first kappa shape index (κ1) is 16.8. The molecular formula is C14H20F3N3O2. The van der Waals surface area contributed by atoms with Crippen LogP contribution in [0.15, 0.2) is 0 Å². The van der Waals surface area contributed by atoms with Crippen molar-refractivity contribution in [2.75, 3.05) is 6.61 Å². The zero-order valence-electron chi connectivity index (χ0n) is 12.3. The predicted octanol–water partition coefficient (Wildman–Crippen LogP) is 1.81. The highest BCUT2D eigenvalue weighted by Gasteiger charge is 2.40. The minimum absolute atomic E-state index is 0.0342. The molecule has 0 radical (unpaired) electrons. The number of carbonyl (C=O) groups excluding carboxylic acids is 1. The number of fused-ring (bicyclic) bond motifs is 1. The average molecular weight is 319 g/mol. The van der Waals surface area contributed by atoms with Gasteiger partial charge in [0.1, 0.15) is 0 Å². The summed E-state index contributed by atoms with van der Waals surface area (Å²) < 4.78 is 38.7. The summed E-state index contributed by atoms with van der Waals surface area (Å²) >= 11 is 0. The van der Waals surface area contributed by atoms with Gasteiger partial charge < -0.3 is 10.4 Å². The quantitative estimate of drug-likeness (QED) is 0.774. The number of aliphatic hydroxyl groups is 1. The number of halogens is 3. The fraction of sp³-hybridized carbons (Fsp3) is 0.714. The van der Waals surface area contributed by atoms with Gasteiger partial charge in [-0.25, -0.2) is 0 Å². The average Bonchev–Trinajstić information content (AvgIpc) is 2.89. The third-order valence-electron chi connectivity index (χ3n) is 4.10. The van der Waals surface area contributed by atoms with Crippen molar-refractivity contribution in [3.8, 4) is 0 Å². The molecule has 0 spiro atoms. The Bertz CT molecular complexity index is 528. The van der Waals surface area contributed by atoms with E-state index in [9.17, 15) is 18.0 Å². The van der Waals surface area contributed by atoms with Crippen LogP contribution in [0.4, 0.5) is 13.2 Å². The summed E-state index contributed by atoms with van der Waals surface area (Å²) in [5, 5.41) is 17.5. The number of rotatable bonds is 5. The number of amides is 1. The Kier molecular flexibility index (Phi) is 5.10. The normalized spacial score (nSPS) is 19.6. The van der Waals surface area contributed by atoms with E-state index in [0.29, 0.717) is 31.4 Å². The van der Waals surface area contributed by atoms with Gasteiger partial charge in [-0.05, 0) is 32.1 Å². The SMILES string of the molecule is CCC(CCO)NC(=O)C1CCc2[nH]nc(C(F)(F)F)c2C1. The van der Waals surface area contributed by atoms with Crippen LogP contribution in [0.2, 0.25) is 0 Å². The van der Waals surface area contributed by atoms with Crippen LogP contribution in [-0.2, 0) is 23.8 Å². The summed E-state index contributed by atoms with van der Waals surface area (Å²) in [4.78, 5) is 12.2. The molecule has 124 valence electrons. The Labute approximate surface area is 126 Å². The maximum Gasteiger partial charge on any atom is 0.435 e. The van der Waals surface area contributed by atoms with Gasteiger partial charge in [0, 0.05) is 29.8 Å². The number of H-pyrrole nitrogens is 1. The maximum absolute atomic E-state index is 12.9. The lowest BCUT2D eigenvalue weighted by Gasteiger charge is -2.24. The van der Waals surface area contributed by atoms with Gasteiger partial charge in [0.05, 0.1) is 0 Å². The third-order valence-corrected chi connectivity index (χ3v) is 4.10. The molecule has 0 bridgehead atoms. The number of hydrogen-bond donors (Lipinski definition) is 3. The number of alkyl halides is 3. The molecule has 0 aliphatic heterocycles. The Morgan fingerprint density at radius 3 is 2.86 bits per heavy atom. The first-order chi connectivity index (χ1) is 10.4. The van der Waals surface area contributed by atoms with Crippen molar-refractivity contribution in [1.82, 2.24) is 15.5 Å². The van der Waals surface area contributed by atoms with E-state index in [2.05, 4.69) is 15.5 Å². The first-order valence-corrected chi connectivity index (χ1v) is 7.41. The zero-order valence-corrected chi connectivity index (χ0v) is 12.3. The second-order valence-electron chi connectivity index (χ2n) is 5.59. The van der Waals surface area contributed by atoms with Crippen LogP contribution in [0.1, 0.15) is 43.1 Å². The number of nitrogens with zero attached hydrogens (tertiary/aromatic N) is 1. The van der Waals surface area contributed by atoms with E-state index in [1.54, 1.807) is 0 Å². The maximum atomic E-state index is 12.9. The summed E-state index contributed by atoms with van der Waals surface area (Å²) in [5.74, 6) is -0.737. The third kappa shape index (κ3) is 3.60. The Morgan fingerprint density at radius 2 is 2.27 bits per heavy atom. The number of aliphatic hydroxyl groups excluding tert-OH is 1. The van der Waals surface area contributed by atoms with Crippen molar-refractivity contribution in [1.29, 1.82) is 0 Å². The lowest BCUT2D eigenvalue weighted by atomic mass is 9.85. The van der Waals surface area contributed by atoms with E-state index < -0.39 is 17.8 Å². The topological polar surface area (TPSA) is 78.0 Å². The Morgan fingerprint density at radius 1 is 1.55 bits per heavy atom. The van der Waals surface area contributed by atoms with Gasteiger partial charge in [-0.1, -0.05) is 6.92 Å². The minimum atomic E-state index is -4.51. The molecule has 3 N–H and O–H groups in total. The summed E-state index contributed by atoms with van der Waals surface area (Å²) in [6.07, 6.45) is -2.47. The summed E-state index contributed by atoms with van der Waals surface area (Å²) in [6, 6.07) is -0.148. The molecule has 0 saturated heterocycles. The molecule has 2 unspecified atom stereocenters. The molecule has 2 atom stereocenters. The number of aryl methyl sites for hydroxylation is 1. The van der Waals surface area contributed by atoms with E-state index >= 15 is 0 Å². The molecule has 1 aliphatic rings. The monoisotopic (exact) mass is 319 g/mol. The molecule has 0 saturated carbocycles. The van der Waals surface area contributed by atoms with Gasteiger partial charge in [-0.15, -0.1) is 0 Å². The van der Waals surface area contributed by atoms with Gasteiger partial charge >= 0.3 is 6.18 Å². The smallest absolute Gasteiger partial charge is 0.396 e. The molecule has 8 heteroatoms. The molecular weight excluding hydrogens is 299 g/mol. The second kappa shape index (κ2) is 6.68. The van der Waals surface area contributed by atoms with Crippen molar-refractivity contribution in [3.05, 3.63) is 17.0 Å². The Hall–Kier alpha value is -1.57. The van der Waals surface area contributed by atoms with Gasteiger partial charge in [0.25, 0.3) is 0 Å². The number of aromatic amines is 1. The number of nitrogens with one attached hydrogen (secondary N) is 2. The van der Waals surface area contributed by atoms with Crippen LogP contribution < -0.4 is 5.32 Å². The molecule has 0 fully saturated rings. The molecule has 1 aliphatic carbocycles. The van der Waals surface area contributed by atoms with Crippen molar-refractivity contribution >= 4 is 5.91 Å². The fourth-order valence-corrected chi connectivity index (χ4v) is 2.81. The van der Waals surface area contributed by atoms with Crippen molar-refractivity contribution in [3.63, 3.8) is 0 Å². The molecule has 0 aromatic carbocycles. The zero-order chi connectivity index (χ0) is 16.3. The van der Waals surface area contributed by atoms with Crippen LogP contribution in [0, 0.1) is 5.92 Å². The van der Waals surface area contributed by atoms with E-state index in [0.717, 1.165) is 0 Å². The van der Waals surface area contributed by atoms with Gasteiger partial charge in [-0.3, -0.25) is 9.89 Å². The lowest BCUT2D eigenvalue weighted by molar-refractivity contribution is -0.142. The van der Waals surface area contributed by atoms with E-state index in [1.807, 2.05) is 6.92 Å². The van der Waals surface area contributed by atoms with Crippen molar-refractivity contribution in [2.24, 2.45) is 5.92 Å².